The Morgan fingerprint density at radius 1 is 1.14 bits per heavy atom. The molecular formula is C23H22N2O2S. The molecule has 3 aromatic rings. The quantitative estimate of drug-likeness (QED) is 0.505. The smallest absolute Gasteiger partial charge is 0.161 e. The zero-order valence-corrected chi connectivity index (χ0v) is 17.3. The minimum absolute atomic E-state index is 0.473. The van der Waals surface area contributed by atoms with E-state index < -0.39 is 0 Å². The first-order chi connectivity index (χ1) is 13.5. The number of benzene rings is 2. The van der Waals surface area contributed by atoms with Crippen LogP contribution in [-0.4, -0.2) is 12.1 Å². The zero-order chi connectivity index (χ0) is 20.1. The molecule has 0 amide bonds. The molecule has 0 radical (unpaired) electrons. The molecule has 4 nitrogen and oxygen atoms in total. The number of thiazole rings is 1. The molecule has 0 saturated heterocycles. The fourth-order valence-corrected chi connectivity index (χ4v) is 3.55. The minimum atomic E-state index is 0.473. The van der Waals surface area contributed by atoms with Crippen molar-refractivity contribution < 1.29 is 9.47 Å². The second-order valence-corrected chi connectivity index (χ2v) is 7.45. The summed E-state index contributed by atoms with van der Waals surface area (Å²) in [5.41, 5.74) is 5.86. The number of rotatable bonds is 6. The van der Waals surface area contributed by atoms with E-state index in [0.717, 1.165) is 16.8 Å². The van der Waals surface area contributed by atoms with Crippen molar-refractivity contribution in [1.29, 1.82) is 5.26 Å². The Hall–Kier alpha value is -3.10. The molecule has 142 valence electrons. The van der Waals surface area contributed by atoms with Gasteiger partial charge in [0.05, 0.1) is 12.7 Å². The van der Waals surface area contributed by atoms with Crippen molar-refractivity contribution in [1.82, 2.24) is 4.98 Å². The van der Waals surface area contributed by atoms with Gasteiger partial charge in [-0.05, 0) is 55.7 Å². The molecule has 0 aliphatic rings. The third kappa shape index (κ3) is 4.59. The van der Waals surface area contributed by atoms with Crippen LogP contribution < -0.4 is 9.47 Å². The van der Waals surface area contributed by atoms with Gasteiger partial charge in [-0.3, -0.25) is 0 Å². The topological polar surface area (TPSA) is 55.1 Å². The molecule has 0 aliphatic heterocycles. The van der Waals surface area contributed by atoms with Gasteiger partial charge in [0.2, 0.25) is 0 Å². The Kier molecular flexibility index (Phi) is 6.13. The highest BCUT2D eigenvalue weighted by molar-refractivity contribution is 7.11. The van der Waals surface area contributed by atoms with E-state index in [9.17, 15) is 5.26 Å². The van der Waals surface area contributed by atoms with Crippen molar-refractivity contribution in [2.24, 2.45) is 0 Å². The number of hydrogen-bond acceptors (Lipinski definition) is 5. The van der Waals surface area contributed by atoms with Gasteiger partial charge in [-0.1, -0.05) is 29.8 Å². The molecule has 0 fully saturated rings. The molecular weight excluding hydrogens is 368 g/mol. The largest absolute Gasteiger partial charge is 0.493 e. The molecule has 0 aliphatic carbocycles. The Morgan fingerprint density at radius 3 is 2.64 bits per heavy atom. The SMILES string of the molecule is COc1cc(/C=C(/C#N)c2nc(C)cs2)ccc1OCc1cc(C)ccc1C. The van der Waals surface area contributed by atoms with Gasteiger partial charge in [0.1, 0.15) is 17.7 Å². The number of allylic oxidation sites excluding steroid dienone is 1. The molecule has 0 saturated carbocycles. The van der Waals surface area contributed by atoms with E-state index >= 15 is 0 Å². The second kappa shape index (κ2) is 8.73. The van der Waals surface area contributed by atoms with Crippen LogP contribution in [0.3, 0.4) is 0 Å². The zero-order valence-electron chi connectivity index (χ0n) is 16.4. The highest BCUT2D eigenvalue weighted by atomic mass is 32.1. The van der Waals surface area contributed by atoms with Gasteiger partial charge in [0.15, 0.2) is 11.5 Å². The Balaban J connectivity index is 1.83. The van der Waals surface area contributed by atoms with E-state index in [2.05, 4.69) is 43.1 Å². The molecule has 1 aromatic heterocycles. The summed E-state index contributed by atoms with van der Waals surface area (Å²) in [4.78, 5) is 4.39. The molecule has 0 bridgehead atoms. The molecule has 5 heteroatoms. The molecule has 0 atom stereocenters. The van der Waals surface area contributed by atoms with Gasteiger partial charge in [-0.25, -0.2) is 4.98 Å². The third-order valence-corrected chi connectivity index (χ3v) is 5.35. The van der Waals surface area contributed by atoms with Gasteiger partial charge >= 0.3 is 0 Å². The first kappa shape index (κ1) is 19.7. The highest BCUT2D eigenvalue weighted by Gasteiger charge is 2.10. The number of hydrogen-bond donors (Lipinski definition) is 0. The second-order valence-electron chi connectivity index (χ2n) is 6.59. The van der Waals surface area contributed by atoms with E-state index in [-0.39, 0.29) is 0 Å². The number of ether oxygens (including phenoxy) is 2. The van der Waals surface area contributed by atoms with Gasteiger partial charge in [-0.2, -0.15) is 5.26 Å². The fraction of sp³-hybridized carbons (Fsp3) is 0.217. The lowest BCUT2D eigenvalue weighted by Crippen LogP contribution is -2.00. The van der Waals surface area contributed by atoms with Crippen LogP contribution in [0.1, 0.15) is 33.0 Å². The number of nitriles is 1. The van der Waals surface area contributed by atoms with Crippen molar-refractivity contribution in [3.05, 3.63) is 74.7 Å². The van der Waals surface area contributed by atoms with Crippen molar-refractivity contribution in [2.45, 2.75) is 27.4 Å². The summed E-state index contributed by atoms with van der Waals surface area (Å²) in [5.74, 6) is 1.30. The maximum atomic E-state index is 9.48. The Labute approximate surface area is 169 Å². The summed E-state index contributed by atoms with van der Waals surface area (Å²) < 4.78 is 11.5. The molecule has 2 aromatic carbocycles. The van der Waals surface area contributed by atoms with E-state index in [0.29, 0.717) is 28.7 Å². The van der Waals surface area contributed by atoms with Crippen molar-refractivity contribution in [3.63, 3.8) is 0 Å². The van der Waals surface area contributed by atoms with Crippen LogP contribution in [0.5, 0.6) is 11.5 Å². The number of methoxy groups -OCH3 is 1. The summed E-state index contributed by atoms with van der Waals surface area (Å²) in [5, 5.41) is 12.1. The van der Waals surface area contributed by atoms with Crippen LogP contribution in [0.25, 0.3) is 11.6 Å². The minimum Gasteiger partial charge on any atom is -0.493 e. The molecule has 0 N–H and O–H groups in total. The van der Waals surface area contributed by atoms with E-state index in [4.69, 9.17) is 9.47 Å². The molecule has 1 heterocycles. The van der Waals surface area contributed by atoms with Gasteiger partial charge in [0.25, 0.3) is 0 Å². The molecule has 0 spiro atoms. The van der Waals surface area contributed by atoms with E-state index in [1.54, 1.807) is 7.11 Å². The molecule has 0 unspecified atom stereocenters. The van der Waals surface area contributed by atoms with Crippen molar-refractivity contribution >= 4 is 23.0 Å². The summed E-state index contributed by atoms with van der Waals surface area (Å²) in [6, 6.07) is 14.2. The predicted molar refractivity (Wildman–Crippen MR) is 114 cm³/mol. The van der Waals surface area contributed by atoms with Gasteiger partial charge in [-0.15, -0.1) is 11.3 Å². The van der Waals surface area contributed by atoms with Gasteiger partial charge < -0.3 is 9.47 Å². The van der Waals surface area contributed by atoms with Crippen LogP contribution in [0.2, 0.25) is 0 Å². The lowest BCUT2D eigenvalue weighted by atomic mass is 10.1. The monoisotopic (exact) mass is 390 g/mol. The summed E-state index contributed by atoms with van der Waals surface area (Å²) in [7, 11) is 1.61. The summed E-state index contributed by atoms with van der Waals surface area (Å²) in [6.07, 6.45) is 1.81. The summed E-state index contributed by atoms with van der Waals surface area (Å²) >= 11 is 1.46. The van der Waals surface area contributed by atoms with Crippen molar-refractivity contribution in [3.8, 4) is 17.6 Å². The summed E-state index contributed by atoms with van der Waals surface area (Å²) in [6.45, 7) is 6.54. The van der Waals surface area contributed by atoms with Crippen LogP contribution >= 0.6 is 11.3 Å². The third-order valence-electron chi connectivity index (χ3n) is 4.36. The number of aromatic nitrogens is 1. The number of nitrogens with zero attached hydrogens (tertiary/aromatic N) is 2. The van der Waals surface area contributed by atoms with Crippen LogP contribution in [0.4, 0.5) is 0 Å². The maximum absolute atomic E-state index is 9.48. The Morgan fingerprint density at radius 2 is 1.96 bits per heavy atom. The Bertz CT molecular complexity index is 1060. The van der Waals surface area contributed by atoms with Gasteiger partial charge in [0, 0.05) is 11.1 Å². The lowest BCUT2D eigenvalue weighted by molar-refractivity contribution is 0.284. The van der Waals surface area contributed by atoms with Crippen LogP contribution in [-0.2, 0) is 6.61 Å². The first-order valence-corrected chi connectivity index (χ1v) is 9.79. The van der Waals surface area contributed by atoms with E-state index in [1.807, 2.05) is 36.6 Å². The normalized spacial score (nSPS) is 11.2. The molecule has 28 heavy (non-hydrogen) atoms. The lowest BCUT2D eigenvalue weighted by Gasteiger charge is -2.13. The number of aryl methyl sites for hydroxylation is 3. The predicted octanol–water partition coefficient (Wildman–Crippen LogP) is 5.72. The van der Waals surface area contributed by atoms with E-state index in [1.165, 1.54) is 22.5 Å². The highest BCUT2D eigenvalue weighted by Crippen LogP contribution is 2.31. The van der Waals surface area contributed by atoms with Crippen molar-refractivity contribution in [2.75, 3.05) is 7.11 Å². The average Bonchev–Trinajstić information content (AvgIpc) is 3.13. The average molecular weight is 391 g/mol. The van der Waals surface area contributed by atoms with Crippen LogP contribution in [0.15, 0.2) is 41.8 Å². The maximum Gasteiger partial charge on any atom is 0.161 e. The first-order valence-electron chi connectivity index (χ1n) is 8.91. The fourth-order valence-electron chi connectivity index (χ4n) is 2.79. The molecule has 3 rings (SSSR count). The van der Waals surface area contributed by atoms with Crippen LogP contribution in [0, 0.1) is 32.1 Å². The standard InChI is InChI=1S/C23H22N2O2S/c1-15-5-6-16(2)20(9-15)13-27-21-8-7-18(11-22(21)26-4)10-19(12-24)23-25-17(3)14-28-23/h5-11,14H,13H2,1-4H3/b19-10-.